The van der Waals surface area contributed by atoms with Gasteiger partial charge in [0.2, 0.25) is 11.5 Å². The first-order valence-corrected chi connectivity index (χ1v) is 6.80. The Morgan fingerprint density at radius 3 is 2.80 bits per heavy atom. The summed E-state index contributed by atoms with van der Waals surface area (Å²) in [6, 6.07) is 3.80. The molecule has 3 heterocycles. The molecule has 0 radical (unpaired) electrons. The summed E-state index contributed by atoms with van der Waals surface area (Å²) < 4.78 is 0. The lowest BCUT2D eigenvalue weighted by molar-refractivity contribution is 0.439. The number of hydrogen-bond acceptors (Lipinski definition) is 5. The van der Waals surface area contributed by atoms with Crippen LogP contribution in [0.5, 0.6) is 0 Å². The maximum absolute atomic E-state index is 11.0. The molecule has 0 bridgehead atoms. The van der Waals surface area contributed by atoms with E-state index in [9.17, 15) is 4.79 Å². The summed E-state index contributed by atoms with van der Waals surface area (Å²) in [5, 5.41) is 10.5. The summed E-state index contributed by atoms with van der Waals surface area (Å²) in [4.78, 5) is 20.4. The van der Waals surface area contributed by atoms with Gasteiger partial charge in [-0.05, 0) is 26.0 Å². The van der Waals surface area contributed by atoms with Gasteiger partial charge in [0.25, 0.3) is 0 Å². The number of anilines is 1. The van der Waals surface area contributed by atoms with Crippen LogP contribution in [-0.4, -0.2) is 46.3 Å². The number of rotatable bonds is 3. The molecular formula is C13H18N6O. The highest BCUT2D eigenvalue weighted by Crippen LogP contribution is 2.19. The summed E-state index contributed by atoms with van der Waals surface area (Å²) in [5.74, 6) is 1.40. The van der Waals surface area contributed by atoms with Gasteiger partial charge in [-0.15, -0.1) is 5.10 Å². The van der Waals surface area contributed by atoms with E-state index >= 15 is 0 Å². The third-order valence-corrected chi connectivity index (χ3v) is 3.72. The minimum absolute atomic E-state index is 0.123. The molecule has 0 amide bonds. The van der Waals surface area contributed by atoms with Crippen molar-refractivity contribution < 1.29 is 0 Å². The zero-order chi connectivity index (χ0) is 13.9. The molecule has 0 spiro atoms. The minimum atomic E-state index is -0.123. The Labute approximate surface area is 116 Å². The highest BCUT2D eigenvalue weighted by molar-refractivity contribution is 5.54. The van der Waals surface area contributed by atoms with E-state index in [0.29, 0.717) is 11.9 Å². The number of pyridine rings is 1. The molecule has 7 heteroatoms. The molecule has 20 heavy (non-hydrogen) atoms. The minimum Gasteiger partial charge on any atom is -0.339 e. The molecule has 1 aliphatic heterocycles. The summed E-state index contributed by atoms with van der Waals surface area (Å²) >= 11 is 0. The van der Waals surface area contributed by atoms with Crippen LogP contribution in [0.25, 0.3) is 11.4 Å². The Balaban J connectivity index is 1.74. The van der Waals surface area contributed by atoms with Crippen molar-refractivity contribution in [2.75, 3.05) is 25.0 Å². The second kappa shape index (κ2) is 5.46. The second-order valence-electron chi connectivity index (χ2n) is 4.98. The van der Waals surface area contributed by atoms with Crippen molar-refractivity contribution in [1.29, 1.82) is 0 Å². The second-order valence-corrected chi connectivity index (χ2v) is 4.98. The highest BCUT2D eigenvalue weighted by Gasteiger charge is 2.20. The molecule has 3 rings (SSSR count). The number of aromatic nitrogens is 4. The number of hydrogen-bond donors (Lipinski definition) is 3. The molecule has 3 N–H and O–H groups in total. The Morgan fingerprint density at radius 1 is 1.35 bits per heavy atom. The summed E-state index contributed by atoms with van der Waals surface area (Å²) in [7, 11) is 2.00. The van der Waals surface area contributed by atoms with Crippen LogP contribution in [-0.2, 0) is 0 Å². The van der Waals surface area contributed by atoms with Crippen LogP contribution in [0.3, 0.4) is 0 Å². The first-order chi connectivity index (χ1) is 9.76. The van der Waals surface area contributed by atoms with Crippen molar-refractivity contribution >= 4 is 5.95 Å². The number of nitrogens with zero attached hydrogens (tertiary/aromatic N) is 3. The van der Waals surface area contributed by atoms with Crippen molar-refractivity contribution in [2.45, 2.75) is 18.9 Å². The summed E-state index contributed by atoms with van der Waals surface area (Å²) in [6.07, 6.45) is 3.83. The van der Waals surface area contributed by atoms with E-state index in [0.717, 1.165) is 37.4 Å². The van der Waals surface area contributed by atoms with E-state index in [1.54, 1.807) is 12.3 Å². The Hall–Kier alpha value is -2.15. The lowest BCUT2D eigenvalue weighted by atomic mass is 10.1. The van der Waals surface area contributed by atoms with Crippen molar-refractivity contribution in [2.24, 2.45) is 0 Å². The smallest absolute Gasteiger partial charge is 0.247 e. The monoisotopic (exact) mass is 274 g/mol. The first kappa shape index (κ1) is 12.9. The topological polar surface area (TPSA) is 89.7 Å². The van der Waals surface area contributed by atoms with E-state index in [4.69, 9.17) is 0 Å². The van der Waals surface area contributed by atoms with Gasteiger partial charge in [-0.1, -0.05) is 0 Å². The SMILES string of the molecule is CNC1CCN(c2n[nH]c(-c3ccc(=O)[nH]c3)n2)CC1. The number of H-pyrrole nitrogens is 2. The molecule has 0 unspecified atom stereocenters. The van der Waals surface area contributed by atoms with Crippen LogP contribution in [0, 0.1) is 0 Å². The Kier molecular flexibility index (Phi) is 3.51. The van der Waals surface area contributed by atoms with Gasteiger partial charge in [0, 0.05) is 37.0 Å². The third kappa shape index (κ3) is 2.57. The van der Waals surface area contributed by atoms with Crippen LogP contribution < -0.4 is 15.8 Å². The maximum atomic E-state index is 11.0. The van der Waals surface area contributed by atoms with Gasteiger partial charge in [-0.3, -0.25) is 9.89 Å². The molecule has 2 aromatic heterocycles. The Morgan fingerprint density at radius 2 is 2.15 bits per heavy atom. The molecule has 1 aliphatic rings. The van der Waals surface area contributed by atoms with Gasteiger partial charge in [-0.2, -0.15) is 4.98 Å². The van der Waals surface area contributed by atoms with Gasteiger partial charge >= 0.3 is 0 Å². The molecule has 7 nitrogen and oxygen atoms in total. The third-order valence-electron chi connectivity index (χ3n) is 3.72. The standard InChI is InChI=1S/C13H18N6O/c1-14-10-4-6-19(7-5-10)13-16-12(17-18-13)9-2-3-11(20)15-8-9/h2-3,8,10,14H,4-7H2,1H3,(H,15,20)(H,16,17,18). The molecular weight excluding hydrogens is 256 g/mol. The fourth-order valence-electron chi connectivity index (χ4n) is 2.45. The Bertz CT molecular complexity index is 605. The average Bonchev–Trinajstić information content (AvgIpc) is 2.98. The normalized spacial score (nSPS) is 16.6. The predicted octanol–water partition coefficient (Wildman–Crippen LogP) is 0.348. The number of aromatic amines is 2. The van der Waals surface area contributed by atoms with Crippen molar-refractivity contribution in [1.82, 2.24) is 25.5 Å². The van der Waals surface area contributed by atoms with Gasteiger partial charge in [0.1, 0.15) is 0 Å². The average molecular weight is 274 g/mol. The van der Waals surface area contributed by atoms with Crippen LogP contribution in [0.4, 0.5) is 5.95 Å². The van der Waals surface area contributed by atoms with Crippen LogP contribution >= 0.6 is 0 Å². The van der Waals surface area contributed by atoms with Crippen LogP contribution in [0.2, 0.25) is 0 Å². The van der Waals surface area contributed by atoms with E-state index in [-0.39, 0.29) is 5.56 Å². The van der Waals surface area contributed by atoms with Crippen molar-refractivity contribution in [3.63, 3.8) is 0 Å². The van der Waals surface area contributed by atoms with Gasteiger partial charge in [0.15, 0.2) is 5.82 Å². The van der Waals surface area contributed by atoms with Crippen LogP contribution in [0.15, 0.2) is 23.1 Å². The number of nitrogens with one attached hydrogen (secondary N) is 3. The maximum Gasteiger partial charge on any atom is 0.247 e. The van der Waals surface area contributed by atoms with Gasteiger partial charge < -0.3 is 15.2 Å². The molecule has 0 saturated carbocycles. The molecule has 0 aliphatic carbocycles. The van der Waals surface area contributed by atoms with E-state index in [1.165, 1.54) is 6.07 Å². The molecule has 2 aromatic rings. The molecule has 0 aromatic carbocycles. The van der Waals surface area contributed by atoms with E-state index in [2.05, 4.69) is 30.4 Å². The van der Waals surface area contributed by atoms with Crippen molar-refractivity contribution in [3.8, 4) is 11.4 Å². The van der Waals surface area contributed by atoms with Gasteiger partial charge in [-0.25, -0.2) is 0 Å². The highest BCUT2D eigenvalue weighted by atomic mass is 16.1. The lowest BCUT2D eigenvalue weighted by Crippen LogP contribution is -2.41. The van der Waals surface area contributed by atoms with E-state index < -0.39 is 0 Å². The molecule has 106 valence electrons. The largest absolute Gasteiger partial charge is 0.339 e. The molecule has 0 atom stereocenters. The fourth-order valence-corrected chi connectivity index (χ4v) is 2.45. The summed E-state index contributed by atoms with van der Waals surface area (Å²) in [6.45, 7) is 1.91. The lowest BCUT2D eigenvalue weighted by Gasteiger charge is -2.30. The quantitative estimate of drug-likeness (QED) is 0.751. The fraction of sp³-hybridized carbons (Fsp3) is 0.462. The molecule has 1 saturated heterocycles. The predicted molar refractivity (Wildman–Crippen MR) is 76.7 cm³/mol. The zero-order valence-electron chi connectivity index (χ0n) is 11.4. The number of piperidine rings is 1. The van der Waals surface area contributed by atoms with Crippen LogP contribution in [0.1, 0.15) is 12.8 Å². The van der Waals surface area contributed by atoms with E-state index in [1.807, 2.05) is 7.05 Å². The first-order valence-electron chi connectivity index (χ1n) is 6.80. The summed E-state index contributed by atoms with van der Waals surface area (Å²) in [5.41, 5.74) is 0.705. The van der Waals surface area contributed by atoms with Crippen molar-refractivity contribution in [3.05, 3.63) is 28.7 Å². The zero-order valence-corrected chi connectivity index (χ0v) is 11.4. The molecule has 1 fully saturated rings. The van der Waals surface area contributed by atoms with Gasteiger partial charge in [0.05, 0.1) is 0 Å².